The molecular formula is C12H21N3O. The molecule has 0 saturated heterocycles. The van der Waals surface area contributed by atoms with Gasteiger partial charge in [-0.2, -0.15) is 0 Å². The van der Waals surface area contributed by atoms with Crippen molar-refractivity contribution in [3.63, 3.8) is 0 Å². The van der Waals surface area contributed by atoms with Gasteiger partial charge in [0, 0.05) is 6.54 Å². The Kier molecular flexibility index (Phi) is 5.85. The van der Waals surface area contributed by atoms with Gasteiger partial charge in [-0.05, 0) is 38.0 Å². The van der Waals surface area contributed by atoms with Crippen LogP contribution in [0.1, 0.15) is 19.4 Å². The molecule has 0 aliphatic heterocycles. The highest BCUT2D eigenvalue weighted by atomic mass is 16.5. The summed E-state index contributed by atoms with van der Waals surface area (Å²) in [6.45, 7) is 5.60. The van der Waals surface area contributed by atoms with Crippen LogP contribution in [0.15, 0.2) is 24.3 Å². The summed E-state index contributed by atoms with van der Waals surface area (Å²) in [6, 6.07) is 8.21. The van der Waals surface area contributed by atoms with E-state index in [1.807, 2.05) is 26.0 Å². The molecule has 1 aromatic carbocycles. The van der Waals surface area contributed by atoms with Crippen LogP contribution in [0, 0.1) is 0 Å². The Morgan fingerprint density at radius 2 is 1.94 bits per heavy atom. The molecule has 1 aromatic rings. The Balaban J connectivity index is 2.33. The van der Waals surface area contributed by atoms with Crippen molar-refractivity contribution in [2.75, 3.05) is 13.2 Å². The first-order chi connectivity index (χ1) is 7.72. The van der Waals surface area contributed by atoms with Crippen LogP contribution in [0.3, 0.4) is 0 Å². The van der Waals surface area contributed by atoms with Crippen LogP contribution in [0.4, 0.5) is 0 Å². The maximum atomic E-state index is 5.57. The van der Waals surface area contributed by atoms with Crippen LogP contribution >= 0.6 is 0 Å². The summed E-state index contributed by atoms with van der Waals surface area (Å²) in [4.78, 5) is 0. The average Bonchev–Trinajstić information content (AvgIpc) is 2.26. The predicted molar refractivity (Wildman–Crippen MR) is 66.1 cm³/mol. The second-order valence-corrected chi connectivity index (χ2v) is 3.94. The third kappa shape index (κ3) is 5.11. The Hall–Kier alpha value is -1.10. The molecule has 0 amide bonds. The minimum absolute atomic E-state index is 0.225. The van der Waals surface area contributed by atoms with E-state index in [-0.39, 0.29) is 6.10 Å². The molecule has 90 valence electrons. The lowest BCUT2D eigenvalue weighted by Gasteiger charge is -2.10. The highest BCUT2D eigenvalue weighted by Gasteiger charge is 1.97. The van der Waals surface area contributed by atoms with E-state index in [9.17, 15) is 0 Å². The van der Waals surface area contributed by atoms with Gasteiger partial charge in [-0.1, -0.05) is 12.1 Å². The fraction of sp³-hybridized carbons (Fsp3) is 0.500. The highest BCUT2D eigenvalue weighted by Crippen LogP contribution is 2.13. The summed E-state index contributed by atoms with van der Waals surface area (Å²) < 4.78 is 5.57. The summed E-state index contributed by atoms with van der Waals surface area (Å²) >= 11 is 0. The molecule has 0 aromatic heterocycles. The molecule has 0 aliphatic rings. The van der Waals surface area contributed by atoms with Crippen LogP contribution in [0.5, 0.6) is 5.75 Å². The van der Waals surface area contributed by atoms with Crippen LogP contribution in [0.2, 0.25) is 0 Å². The molecule has 0 heterocycles. The fourth-order valence-corrected chi connectivity index (χ4v) is 1.40. The zero-order chi connectivity index (χ0) is 11.8. The third-order valence-corrected chi connectivity index (χ3v) is 2.11. The van der Waals surface area contributed by atoms with Crippen molar-refractivity contribution in [3.8, 4) is 5.75 Å². The molecule has 0 bridgehead atoms. The largest absolute Gasteiger partial charge is 0.491 e. The monoisotopic (exact) mass is 223 g/mol. The number of nitrogens with two attached hydrogens (primary N) is 1. The smallest absolute Gasteiger partial charge is 0.119 e. The molecule has 0 atom stereocenters. The molecule has 0 spiro atoms. The zero-order valence-electron chi connectivity index (χ0n) is 9.99. The van der Waals surface area contributed by atoms with Gasteiger partial charge in [0.15, 0.2) is 0 Å². The molecule has 4 N–H and O–H groups in total. The zero-order valence-corrected chi connectivity index (χ0v) is 9.99. The van der Waals surface area contributed by atoms with Crippen molar-refractivity contribution in [2.45, 2.75) is 26.4 Å². The van der Waals surface area contributed by atoms with Crippen LogP contribution in [-0.4, -0.2) is 19.3 Å². The van der Waals surface area contributed by atoms with Crippen molar-refractivity contribution in [1.82, 2.24) is 10.7 Å². The average molecular weight is 223 g/mol. The molecule has 4 heteroatoms. The van der Waals surface area contributed by atoms with Crippen molar-refractivity contribution in [1.29, 1.82) is 0 Å². The van der Waals surface area contributed by atoms with Gasteiger partial charge in [-0.15, -0.1) is 0 Å². The molecule has 0 aliphatic carbocycles. The van der Waals surface area contributed by atoms with Crippen molar-refractivity contribution < 1.29 is 4.74 Å². The van der Waals surface area contributed by atoms with E-state index in [2.05, 4.69) is 22.9 Å². The maximum absolute atomic E-state index is 5.57. The van der Waals surface area contributed by atoms with Crippen LogP contribution in [0.25, 0.3) is 0 Å². The molecule has 0 fully saturated rings. The van der Waals surface area contributed by atoms with Gasteiger partial charge in [0.2, 0.25) is 0 Å². The van der Waals surface area contributed by atoms with Crippen LogP contribution in [-0.2, 0) is 6.42 Å². The van der Waals surface area contributed by atoms with Gasteiger partial charge < -0.3 is 10.1 Å². The summed E-state index contributed by atoms with van der Waals surface area (Å²) in [7, 11) is 0. The van der Waals surface area contributed by atoms with E-state index >= 15 is 0 Å². The van der Waals surface area contributed by atoms with E-state index in [1.165, 1.54) is 5.56 Å². The number of benzene rings is 1. The highest BCUT2D eigenvalue weighted by molar-refractivity contribution is 5.27. The van der Waals surface area contributed by atoms with Crippen LogP contribution < -0.4 is 21.3 Å². The number of rotatable bonds is 7. The number of ether oxygens (including phenoxy) is 1. The van der Waals surface area contributed by atoms with Crippen molar-refractivity contribution >= 4 is 0 Å². The molecule has 0 radical (unpaired) electrons. The van der Waals surface area contributed by atoms with Crippen molar-refractivity contribution in [3.05, 3.63) is 29.8 Å². The Morgan fingerprint density at radius 3 is 2.50 bits per heavy atom. The Bertz CT molecular complexity index is 285. The first kappa shape index (κ1) is 13.0. The van der Waals surface area contributed by atoms with Gasteiger partial charge in [-0.25, -0.2) is 5.43 Å². The maximum Gasteiger partial charge on any atom is 0.119 e. The number of hydrogen-bond acceptors (Lipinski definition) is 4. The molecule has 1 rings (SSSR count). The second-order valence-electron chi connectivity index (χ2n) is 3.94. The fourth-order valence-electron chi connectivity index (χ4n) is 1.40. The van der Waals surface area contributed by atoms with E-state index < -0.39 is 0 Å². The summed E-state index contributed by atoms with van der Waals surface area (Å²) in [5, 5.41) is 3.16. The lowest BCUT2D eigenvalue weighted by Crippen LogP contribution is -2.34. The molecule has 0 unspecified atom stereocenters. The van der Waals surface area contributed by atoms with Gasteiger partial charge >= 0.3 is 0 Å². The minimum atomic E-state index is 0.225. The lowest BCUT2D eigenvalue weighted by atomic mass is 10.1. The molecule has 16 heavy (non-hydrogen) atoms. The lowest BCUT2D eigenvalue weighted by molar-refractivity contribution is 0.242. The minimum Gasteiger partial charge on any atom is -0.491 e. The first-order valence-electron chi connectivity index (χ1n) is 5.62. The van der Waals surface area contributed by atoms with E-state index in [0.717, 1.165) is 18.7 Å². The van der Waals surface area contributed by atoms with E-state index in [0.29, 0.717) is 6.67 Å². The topological polar surface area (TPSA) is 59.3 Å². The standard InChI is InChI=1S/C12H21N3O/c1-10(2)16-12-5-3-11(4-6-12)7-8-14-9-15-13/h3-6,10,14-15H,7-9,13H2,1-2H3. The summed E-state index contributed by atoms with van der Waals surface area (Å²) in [6.07, 6.45) is 1.21. The molecule has 0 saturated carbocycles. The molecular weight excluding hydrogens is 202 g/mol. The van der Waals surface area contributed by atoms with Gasteiger partial charge in [0.05, 0.1) is 12.8 Å². The normalized spacial score (nSPS) is 10.8. The summed E-state index contributed by atoms with van der Waals surface area (Å²) in [5.74, 6) is 6.07. The van der Waals surface area contributed by atoms with Gasteiger partial charge in [0.1, 0.15) is 5.75 Å². The second kappa shape index (κ2) is 7.22. The van der Waals surface area contributed by atoms with Gasteiger partial charge in [-0.3, -0.25) is 5.84 Å². The first-order valence-corrected chi connectivity index (χ1v) is 5.62. The quantitative estimate of drug-likeness (QED) is 0.280. The Labute approximate surface area is 97.1 Å². The SMILES string of the molecule is CC(C)Oc1ccc(CCNCNN)cc1. The van der Waals surface area contributed by atoms with Crippen molar-refractivity contribution in [2.24, 2.45) is 5.84 Å². The number of hydrazine groups is 1. The Morgan fingerprint density at radius 1 is 1.25 bits per heavy atom. The van der Waals surface area contributed by atoms with Gasteiger partial charge in [0.25, 0.3) is 0 Å². The van der Waals surface area contributed by atoms with E-state index in [4.69, 9.17) is 10.6 Å². The summed E-state index contributed by atoms with van der Waals surface area (Å²) in [5.41, 5.74) is 3.85. The van der Waals surface area contributed by atoms with E-state index in [1.54, 1.807) is 0 Å². The number of hydrogen-bond donors (Lipinski definition) is 3. The molecule has 4 nitrogen and oxygen atoms in total. The third-order valence-electron chi connectivity index (χ3n) is 2.11. The predicted octanol–water partition coefficient (Wildman–Crippen LogP) is 1.03. The number of nitrogens with one attached hydrogen (secondary N) is 2.